The predicted octanol–water partition coefficient (Wildman–Crippen LogP) is 5.63. The van der Waals surface area contributed by atoms with Crippen LogP contribution >= 0.6 is 0 Å². The van der Waals surface area contributed by atoms with E-state index in [1.807, 2.05) is 42.5 Å². The summed E-state index contributed by atoms with van der Waals surface area (Å²) < 4.78 is 44.2. The average molecular weight is 512 g/mol. The van der Waals surface area contributed by atoms with Crippen molar-refractivity contribution in [2.45, 2.75) is 25.2 Å². The topological polar surface area (TPSA) is 83.9 Å². The van der Waals surface area contributed by atoms with Crippen LogP contribution in [0.5, 0.6) is 11.5 Å². The van der Waals surface area contributed by atoms with Crippen LogP contribution in [-0.4, -0.2) is 42.6 Å². The van der Waals surface area contributed by atoms with E-state index in [4.69, 9.17) is 4.74 Å². The largest absolute Gasteiger partial charge is 0.481 e. The lowest BCUT2D eigenvalue weighted by atomic mass is 9.90. The van der Waals surface area contributed by atoms with E-state index in [1.54, 1.807) is 24.3 Å². The van der Waals surface area contributed by atoms with E-state index in [0.29, 0.717) is 30.2 Å². The van der Waals surface area contributed by atoms with Gasteiger partial charge in [-0.05, 0) is 66.3 Å². The first-order valence-corrected chi connectivity index (χ1v) is 13.3. The van der Waals surface area contributed by atoms with Crippen LogP contribution in [0.3, 0.4) is 0 Å². The molecule has 0 spiro atoms. The number of hydrogen-bond acceptors (Lipinski definition) is 4. The Hall–Kier alpha value is -3.49. The van der Waals surface area contributed by atoms with Crippen molar-refractivity contribution in [3.05, 3.63) is 108 Å². The first-order chi connectivity index (χ1) is 17.3. The second-order valence-electron chi connectivity index (χ2n) is 8.46. The summed E-state index contributed by atoms with van der Waals surface area (Å²) in [5.74, 6) is 0.00588. The van der Waals surface area contributed by atoms with Crippen LogP contribution in [0.25, 0.3) is 0 Å². The Labute approximate surface area is 211 Å². The molecule has 0 saturated carbocycles. The molecule has 36 heavy (non-hydrogen) atoms. The van der Waals surface area contributed by atoms with E-state index in [9.17, 15) is 22.7 Å². The van der Waals surface area contributed by atoms with E-state index in [-0.39, 0.29) is 23.9 Å². The molecule has 0 radical (unpaired) electrons. The molecule has 190 valence electrons. The molecule has 1 unspecified atom stereocenters. The van der Waals surface area contributed by atoms with Gasteiger partial charge in [-0.15, -0.1) is 6.58 Å². The number of carboxylic acid groups (broad SMARTS) is 1. The maximum absolute atomic E-state index is 12.4. The Balaban J connectivity index is 0.000000444. The Morgan fingerprint density at radius 3 is 2.31 bits per heavy atom. The van der Waals surface area contributed by atoms with E-state index < -0.39 is 16.0 Å². The van der Waals surface area contributed by atoms with Crippen LogP contribution in [-0.2, 0) is 21.2 Å². The number of carboxylic acids is 1. The molecule has 0 amide bonds. The molecular formula is C28H30FNO5S. The van der Waals surface area contributed by atoms with Crippen LogP contribution in [0.1, 0.15) is 29.9 Å². The van der Waals surface area contributed by atoms with Crippen molar-refractivity contribution in [3.63, 3.8) is 0 Å². The van der Waals surface area contributed by atoms with Gasteiger partial charge in [-0.1, -0.05) is 48.5 Å². The summed E-state index contributed by atoms with van der Waals surface area (Å²) in [5.41, 5.74) is 1.53. The summed E-state index contributed by atoms with van der Waals surface area (Å²) in [6.45, 7) is 4.40. The first-order valence-electron chi connectivity index (χ1n) is 11.6. The van der Waals surface area contributed by atoms with Crippen LogP contribution in [0.2, 0.25) is 0 Å². The number of benzene rings is 3. The molecule has 6 nitrogen and oxygen atoms in total. The molecule has 1 saturated heterocycles. The van der Waals surface area contributed by atoms with Gasteiger partial charge in [-0.2, -0.15) is 0 Å². The molecule has 1 aliphatic rings. The van der Waals surface area contributed by atoms with Gasteiger partial charge in [-0.3, -0.25) is 4.79 Å². The van der Waals surface area contributed by atoms with Gasteiger partial charge in [-0.25, -0.2) is 17.1 Å². The van der Waals surface area contributed by atoms with Crippen LogP contribution in [0.4, 0.5) is 4.39 Å². The minimum atomic E-state index is -3.37. The van der Waals surface area contributed by atoms with Gasteiger partial charge in [0.25, 0.3) is 0 Å². The standard InChI is InChI=1S/C22H25NO5S.C6H5F/c1-2-11-29(26,27)23-10-6-7-18(16-23)19-12-17(14-22(24)25)13-21(15-19)28-20-8-4-3-5-9-20;7-6-4-2-1-3-5-6/h2-5,8-9,12-13,15,18H,1,6-7,10-11,14,16H2,(H,24,25);1-5H. The zero-order valence-corrected chi connectivity index (χ0v) is 20.7. The first kappa shape index (κ1) is 27.1. The molecule has 1 N–H and O–H groups in total. The number of aliphatic carboxylic acids is 1. The van der Waals surface area contributed by atoms with Crippen molar-refractivity contribution in [1.29, 1.82) is 0 Å². The lowest BCUT2D eigenvalue weighted by Crippen LogP contribution is -2.40. The fourth-order valence-corrected chi connectivity index (χ4v) is 5.34. The van der Waals surface area contributed by atoms with Gasteiger partial charge in [0.2, 0.25) is 10.0 Å². The number of carbonyl (C=O) groups is 1. The monoisotopic (exact) mass is 511 g/mol. The molecular weight excluding hydrogens is 481 g/mol. The van der Waals surface area contributed by atoms with E-state index >= 15 is 0 Å². The van der Waals surface area contributed by atoms with Crippen molar-refractivity contribution in [2.24, 2.45) is 0 Å². The number of halogens is 1. The highest BCUT2D eigenvalue weighted by Gasteiger charge is 2.29. The van der Waals surface area contributed by atoms with Crippen molar-refractivity contribution in [3.8, 4) is 11.5 Å². The summed E-state index contributed by atoms with van der Waals surface area (Å²) in [7, 11) is -3.37. The average Bonchev–Trinajstić information content (AvgIpc) is 2.85. The maximum atomic E-state index is 12.4. The van der Waals surface area contributed by atoms with Crippen LogP contribution < -0.4 is 4.74 Å². The number of ether oxygens (including phenoxy) is 1. The summed E-state index contributed by atoms with van der Waals surface area (Å²) in [5, 5.41) is 9.22. The fourth-order valence-electron chi connectivity index (χ4n) is 4.02. The lowest BCUT2D eigenvalue weighted by molar-refractivity contribution is -0.136. The Morgan fingerprint density at radius 2 is 1.72 bits per heavy atom. The number of piperidine rings is 1. The van der Waals surface area contributed by atoms with Crippen molar-refractivity contribution < 1.29 is 27.4 Å². The molecule has 8 heteroatoms. The Kier molecular flexibility index (Phi) is 9.78. The van der Waals surface area contributed by atoms with E-state index in [0.717, 1.165) is 18.4 Å². The number of rotatable bonds is 8. The molecule has 3 aromatic carbocycles. The molecule has 0 bridgehead atoms. The normalized spacial score (nSPS) is 15.9. The molecule has 4 rings (SSSR count). The molecule has 1 atom stereocenters. The van der Waals surface area contributed by atoms with Crippen molar-refractivity contribution in [2.75, 3.05) is 18.8 Å². The van der Waals surface area contributed by atoms with Gasteiger partial charge in [0.05, 0.1) is 12.2 Å². The van der Waals surface area contributed by atoms with Crippen LogP contribution in [0.15, 0.2) is 91.5 Å². The maximum Gasteiger partial charge on any atom is 0.307 e. The summed E-state index contributed by atoms with van der Waals surface area (Å²) >= 11 is 0. The number of para-hydroxylation sites is 1. The van der Waals surface area contributed by atoms with Gasteiger partial charge in [0.1, 0.15) is 17.3 Å². The third-order valence-electron chi connectivity index (χ3n) is 5.63. The number of nitrogens with zero attached hydrogens (tertiary/aromatic N) is 1. The van der Waals surface area contributed by atoms with Gasteiger partial charge in [0.15, 0.2) is 0 Å². The lowest BCUT2D eigenvalue weighted by Gasteiger charge is -2.32. The molecule has 0 aliphatic carbocycles. The highest BCUT2D eigenvalue weighted by Crippen LogP contribution is 2.33. The quantitative estimate of drug-likeness (QED) is 0.397. The second-order valence-corrected chi connectivity index (χ2v) is 10.5. The third-order valence-corrected chi connectivity index (χ3v) is 7.41. The molecule has 1 aliphatic heterocycles. The smallest absolute Gasteiger partial charge is 0.307 e. The van der Waals surface area contributed by atoms with Crippen LogP contribution in [0, 0.1) is 5.82 Å². The van der Waals surface area contributed by atoms with E-state index in [2.05, 4.69) is 6.58 Å². The SMILES string of the molecule is C=CCS(=O)(=O)N1CCCC(c2cc(CC(=O)O)cc(Oc3ccccc3)c2)C1.Fc1ccccc1. The molecule has 1 fully saturated rings. The Bertz CT molecular complexity index is 1250. The van der Waals surface area contributed by atoms with Crippen molar-refractivity contribution in [1.82, 2.24) is 4.31 Å². The summed E-state index contributed by atoms with van der Waals surface area (Å²) in [6.07, 6.45) is 2.86. The second kappa shape index (κ2) is 13.0. The molecule has 0 aromatic heterocycles. The number of sulfonamides is 1. The zero-order valence-electron chi connectivity index (χ0n) is 19.9. The summed E-state index contributed by atoms with van der Waals surface area (Å²) in [6, 6.07) is 22.7. The highest BCUT2D eigenvalue weighted by molar-refractivity contribution is 7.89. The van der Waals surface area contributed by atoms with Gasteiger partial charge < -0.3 is 9.84 Å². The van der Waals surface area contributed by atoms with Gasteiger partial charge >= 0.3 is 5.97 Å². The van der Waals surface area contributed by atoms with E-state index in [1.165, 1.54) is 22.5 Å². The third kappa shape index (κ3) is 8.32. The number of hydrogen-bond donors (Lipinski definition) is 1. The zero-order chi connectivity index (χ0) is 26.0. The van der Waals surface area contributed by atoms with Gasteiger partial charge in [0, 0.05) is 13.1 Å². The fraction of sp³-hybridized carbons (Fsp3) is 0.250. The van der Waals surface area contributed by atoms with Crippen molar-refractivity contribution >= 4 is 16.0 Å². The predicted molar refractivity (Wildman–Crippen MR) is 138 cm³/mol. The molecule has 3 aromatic rings. The summed E-state index contributed by atoms with van der Waals surface area (Å²) in [4.78, 5) is 11.2. The minimum absolute atomic E-state index is 0.0183. The molecule has 1 heterocycles. The Morgan fingerprint density at radius 1 is 1.06 bits per heavy atom. The minimum Gasteiger partial charge on any atom is -0.481 e. The highest BCUT2D eigenvalue weighted by atomic mass is 32.2.